The number of phenolic OH excluding ortho intramolecular Hbond substituents is 1. The monoisotopic (exact) mass is 393 g/mol. The van der Waals surface area contributed by atoms with Gasteiger partial charge in [-0.05, 0) is 24.1 Å². The number of rotatable bonds is 7. The normalized spacial score (nSPS) is 17.1. The number of phenols is 1. The number of carbonyl (C=O) groups excluding carboxylic acids is 1. The lowest BCUT2D eigenvalue weighted by Crippen LogP contribution is -2.27. The molecule has 1 N–H and O–H groups in total. The Labute approximate surface area is 163 Å². The zero-order valence-electron chi connectivity index (χ0n) is 14.3. The highest BCUT2D eigenvalue weighted by molar-refractivity contribution is 6.42. The third-order valence-corrected chi connectivity index (χ3v) is 5.38. The van der Waals surface area contributed by atoms with Gasteiger partial charge in [-0.25, -0.2) is 0 Å². The summed E-state index contributed by atoms with van der Waals surface area (Å²) in [6, 6.07) is 13.1. The first-order chi connectivity index (χ1) is 12.6. The minimum atomic E-state index is -0.140. The van der Waals surface area contributed by atoms with Gasteiger partial charge in [0, 0.05) is 37.6 Å². The van der Waals surface area contributed by atoms with Crippen molar-refractivity contribution in [3.63, 3.8) is 0 Å². The van der Waals surface area contributed by atoms with Crippen molar-refractivity contribution in [1.82, 2.24) is 4.90 Å². The molecule has 26 heavy (non-hydrogen) atoms. The van der Waals surface area contributed by atoms with Crippen molar-refractivity contribution in [2.24, 2.45) is 0 Å². The van der Waals surface area contributed by atoms with Gasteiger partial charge in [0.1, 0.15) is 5.75 Å². The molecule has 1 heterocycles. The van der Waals surface area contributed by atoms with Crippen LogP contribution in [-0.4, -0.2) is 35.6 Å². The summed E-state index contributed by atoms with van der Waals surface area (Å²) in [7, 11) is 0. The molecule has 0 spiro atoms. The Balaban J connectivity index is 1.49. The summed E-state index contributed by atoms with van der Waals surface area (Å²) in [4.78, 5) is 14.1. The van der Waals surface area contributed by atoms with Crippen molar-refractivity contribution in [3.05, 3.63) is 63.6 Å². The number of halogens is 2. The highest BCUT2D eigenvalue weighted by atomic mass is 35.5. The molecule has 0 aromatic heterocycles. The van der Waals surface area contributed by atoms with E-state index in [1.54, 1.807) is 11.0 Å². The van der Waals surface area contributed by atoms with E-state index in [4.69, 9.17) is 27.9 Å². The van der Waals surface area contributed by atoms with Crippen LogP contribution >= 0.6 is 23.2 Å². The second kappa shape index (κ2) is 8.76. The molecule has 1 saturated heterocycles. The molecule has 2 aromatic rings. The Bertz CT molecular complexity index is 767. The Morgan fingerprint density at radius 1 is 1.15 bits per heavy atom. The number of hydrogen-bond acceptors (Lipinski definition) is 3. The first kappa shape index (κ1) is 19.0. The van der Waals surface area contributed by atoms with Gasteiger partial charge in [0.25, 0.3) is 0 Å². The number of aromatic hydroxyl groups is 1. The van der Waals surface area contributed by atoms with Crippen LogP contribution in [0.25, 0.3) is 0 Å². The molecule has 1 fully saturated rings. The maximum absolute atomic E-state index is 12.3. The van der Waals surface area contributed by atoms with Crippen LogP contribution in [0.15, 0.2) is 42.5 Å². The number of likely N-dealkylation sites (tertiary alicyclic amines) is 1. The van der Waals surface area contributed by atoms with Crippen molar-refractivity contribution >= 4 is 29.1 Å². The SMILES string of the molecule is O=C1CC(c2c(O)ccc(Cl)c2Cl)CN1CCCOCc1ccccc1. The second-order valence-corrected chi connectivity index (χ2v) is 7.21. The smallest absolute Gasteiger partial charge is 0.223 e. The first-order valence-electron chi connectivity index (χ1n) is 8.62. The van der Waals surface area contributed by atoms with Crippen LogP contribution in [0.1, 0.15) is 29.9 Å². The molecule has 1 amide bonds. The van der Waals surface area contributed by atoms with Crippen LogP contribution in [0.3, 0.4) is 0 Å². The van der Waals surface area contributed by atoms with Crippen LogP contribution in [0, 0.1) is 0 Å². The van der Waals surface area contributed by atoms with E-state index in [9.17, 15) is 9.90 Å². The molecule has 6 heteroatoms. The molecule has 0 aliphatic carbocycles. The standard InChI is InChI=1S/C20H21Cl2NO3/c21-16-7-8-17(24)19(20(16)22)15-11-18(25)23(12-15)9-4-10-26-13-14-5-2-1-3-6-14/h1-3,5-8,15,24H,4,9-13H2. The lowest BCUT2D eigenvalue weighted by atomic mass is 9.97. The number of carbonyl (C=O) groups is 1. The fourth-order valence-corrected chi connectivity index (χ4v) is 3.73. The summed E-state index contributed by atoms with van der Waals surface area (Å²) in [5.41, 5.74) is 1.70. The maximum atomic E-state index is 12.3. The van der Waals surface area contributed by atoms with Crippen molar-refractivity contribution < 1.29 is 14.6 Å². The van der Waals surface area contributed by atoms with E-state index in [0.29, 0.717) is 48.3 Å². The van der Waals surface area contributed by atoms with E-state index < -0.39 is 0 Å². The molecule has 138 valence electrons. The number of amides is 1. The molecule has 1 aliphatic rings. The predicted octanol–water partition coefficient (Wildman–Crippen LogP) is 4.62. The Kier molecular flexibility index (Phi) is 6.41. The molecule has 4 nitrogen and oxygen atoms in total. The number of nitrogens with zero attached hydrogens (tertiary/aromatic N) is 1. The van der Waals surface area contributed by atoms with Gasteiger partial charge in [0.2, 0.25) is 5.91 Å². The van der Waals surface area contributed by atoms with E-state index in [1.807, 2.05) is 30.3 Å². The topological polar surface area (TPSA) is 49.8 Å². The number of hydrogen-bond donors (Lipinski definition) is 1. The lowest BCUT2D eigenvalue weighted by Gasteiger charge is -2.18. The van der Waals surface area contributed by atoms with Crippen molar-refractivity contribution in [2.75, 3.05) is 19.7 Å². The van der Waals surface area contributed by atoms with Crippen molar-refractivity contribution in [1.29, 1.82) is 0 Å². The Morgan fingerprint density at radius 2 is 1.92 bits per heavy atom. The second-order valence-electron chi connectivity index (χ2n) is 6.43. The average molecular weight is 394 g/mol. The molecular weight excluding hydrogens is 373 g/mol. The molecule has 0 radical (unpaired) electrons. The number of benzene rings is 2. The minimum Gasteiger partial charge on any atom is -0.508 e. The van der Waals surface area contributed by atoms with E-state index in [0.717, 1.165) is 12.0 Å². The van der Waals surface area contributed by atoms with Crippen molar-refractivity contribution in [2.45, 2.75) is 25.4 Å². The summed E-state index contributed by atoms with van der Waals surface area (Å²) in [6.07, 6.45) is 1.10. The molecule has 1 unspecified atom stereocenters. The Morgan fingerprint density at radius 3 is 2.69 bits per heavy atom. The molecule has 0 saturated carbocycles. The fraction of sp³-hybridized carbons (Fsp3) is 0.350. The average Bonchev–Trinajstić information content (AvgIpc) is 2.99. The van der Waals surface area contributed by atoms with Gasteiger partial charge < -0.3 is 14.7 Å². The highest BCUT2D eigenvalue weighted by Gasteiger charge is 2.33. The third kappa shape index (κ3) is 4.50. The van der Waals surface area contributed by atoms with Gasteiger partial charge in [0.05, 0.1) is 16.7 Å². The highest BCUT2D eigenvalue weighted by Crippen LogP contribution is 2.41. The zero-order valence-corrected chi connectivity index (χ0v) is 15.8. The summed E-state index contributed by atoms with van der Waals surface area (Å²) in [6.45, 7) is 2.32. The summed E-state index contributed by atoms with van der Waals surface area (Å²) in [5, 5.41) is 10.8. The summed E-state index contributed by atoms with van der Waals surface area (Å²) >= 11 is 12.3. The van der Waals surface area contributed by atoms with Crippen molar-refractivity contribution in [3.8, 4) is 5.75 Å². The molecule has 0 bridgehead atoms. The lowest BCUT2D eigenvalue weighted by molar-refractivity contribution is -0.127. The van der Waals surface area contributed by atoms with Gasteiger partial charge in [-0.15, -0.1) is 0 Å². The molecule has 1 atom stereocenters. The zero-order chi connectivity index (χ0) is 18.5. The Hall–Kier alpha value is -1.75. The molecule has 3 rings (SSSR count). The van der Waals surface area contributed by atoms with E-state index in [1.165, 1.54) is 6.07 Å². The number of ether oxygens (including phenoxy) is 1. The quantitative estimate of drug-likeness (QED) is 0.697. The van der Waals surface area contributed by atoms with Gasteiger partial charge in [-0.1, -0.05) is 53.5 Å². The van der Waals surface area contributed by atoms with E-state index >= 15 is 0 Å². The van der Waals surface area contributed by atoms with Crippen LogP contribution in [0.4, 0.5) is 0 Å². The maximum Gasteiger partial charge on any atom is 0.223 e. The van der Waals surface area contributed by atoms with Crippen LogP contribution in [0.2, 0.25) is 10.0 Å². The molecule has 2 aromatic carbocycles. The third-order valence-electron chi connectivity index (χ3n) is 4.56. The first-order valence-corrected chi connectivity index (χ1v) is 9.38. The molecule has 1 aliphatic heterocycles. The largest absolute Gasteiger partial charge is 0.508 e. The van der Waals surface area contributed by atoms with E-state index in [-0.39, 0.29) is 17.6 Å². The summed E-state index contributed by atoms with van der Waals surface area (Å²) < 4.78 is 5.66. The van der Waals surface area contributed by atoms with Gasteiger partial charge in [-0.3, -0.25) is 4.79 Å². The van der Waals surface area contributed by atoms with Gasteiger partial charge in [0.15, 0.2) is 0 Å². The van der Waals surface area contributed by atoms with Gasteiger partial charge >= 0.3 is 0 Å². The minimum absolute atomic E-state index is 0.0634. The van der Waals surface area contributed by atoms with E-state index in [2.05, 4.69) is 0 Å². The molecular formula is C20H21Cl2NO3. The predicted molar refractivity (Wildman–Crippen MR) is 103 cm³/mol. The van der Waals surface area contributed by atoms with Crippen LogP contribution < -0.4 is 0 Å². The van der Waals surface area contributed by atoms with Crippen LogP contribution in [0.5, 0.6) is 5.75 Å². The van der Waals surface area contributed by atoms with Crippen LogP contribution in [-0.2, 0) is 16.1 Å². The van der Waals surface area contributed by atoms with Gasteiger partial charge in [-0.2, -0.15) is 0 Å². The summed E-state index contributed by atoms with van der Waals surface area (Å²) in [5.74, 6) is 0.0117. The fourth-order valence-electron chi connectivity index (χ4n) is 3.25.